The van der Waals surface area contributed by atoms with Gasteiger partial charge in [-0.1, -0.05) is 27.7 Å². The lowest BCUT2D eigenvalue weighted by Crippen LogP contribution is -2.34. The molecule has 1 unspecified atom stereocenters. The largest absolute Gasteiger partial charge is 0.395 e. The molecule has 16 heavy (non-hydrogen) atoms. The second-order valence-electron chi connectivity index (χ2n) is 5.55. The van der Waals surface area contributed by atoms with Crippen molar-refractivity contribution in [2.75, 3.05) is 26.4 Å². The Morgan fingerprint density at radius 1 is 1.25 bits per heavy atom. The van der Waals surface area contributed by atoms with E-state index in [2.05, 4.69) is 33.0 Å². The molecule has 0 spiro atoms. The van der Waals surface area contributed by atoms with Gasteiger partial charge in [-0.15, -0.1) is 0 Å². The highest BCUT2D eigenvalue weighted by atomic mass is 16.5. The van der Waals surface area contributed by atoms with Crippen LogP contribution in [-0.4, -0.2) is 37.5 Å². The van der Waals surface area contributed by atoms with Crippen molar-refractivity contribution in [1.29, 1.82) is 0 Å². The molecule has 1 atom stereocenters. The van der Waals surface area contributed by atoms with Crippen LogP contribution in [0.4, 0.5) is 0 Å². The van der Waals surface area contributed by atoms with Crippen molar-refractivity contribution in [3.63, 3.8) is 0 Å². The monoisotopic (exact) mass is 231 g/mol. The molecule has 3 heteroatoms. The van der Waals surface area contributed by atoms with E-state index >= 15 is 0 Å². The van der Waals surface area contributed by atoms with Gasteiger partial charge in [-0.25, -0.2) is 0 Å². The molecular formula is C13H29NO2. The molecule has 0 fully saturated rings. The zero-order chi connectivity index (χ0) is 12.4. The van der Waals surface area contributed by atoms with Crippen molar-refractivity contribution >= 4 is 0 Å². The lowest BCUT2D eigenvalue weighted by molar-refractivity contribution is 0.0935. The molecule has 0 saturated carbocycles. The number of hydrogen-bond acceptors (Lipinski definition) is 3. The van der Waals surface area contributed by atoms with Gasteiger partial charge in [0.25, 0.3) is 0 Å². The van der Waals surface area contributed by atoms with Crippen molar-refractivity contribution in [3.05, 3.63) is 0 Å². The third-order valence-electron chi connectivity index (χ3n) is 2.51. The summed E-state index contributed by atoms with van der Waals surface area (Å²) in [5.41, 5.74) is 0.344. The Morgan fingerprint density at radius 2 is 1.94 bits per heavy atom. The first-order valence-electron chi connectivity index (χ1n) is 6.41. The standard InChI is InChI=1S/C13H29NO2/c1-5-8-14-12(11-15)6-9-16-10-7-13(2,3)4/h12,14-15H,5-11H2,1-4H3. The summed E-state index contributed by atoms with van der Waals surface area (Å²) in [7, 11) is 0. The summed E-state index contributed by atoms with van der Waals surface area (Å²) < 4.78 is 5.57. The summed E-state index contributed by atoms with van der Waals surface area (Å²) >= 11 is 0. The molecule has 0 saturated heterocycles. The lowest BCUT2D eigenvalue weighted by Gasteiger charge is -2.19. The van der Waals surface area contributed by atoms with Crippen LogP contribution in [-0.2, 0) is 4.74 Å². The van der Waals surface area contributed by atoms with E-state index in [-0.39, 0.29) is 12.6 Å². The first kappa shape index (κ1) is 15.9. The Labute approximate surface area is 101 Å². The summed E-state index contributed by atoms with van der Waals surface area (Å²) in [6.45, 7) is 11.5. The van der Waals surface area contributed by atoms with Gasteiger partial charge in [-0.2, -0.15) is 0 Å². The molecule has 0 aliphatic carbocycles. The quantitative estimate of drug-likeness (QED) is 0.598. The molecule has 0 aromatic rings. The van der Waals surface area contributed by atoms with Crippen LogP contribution >= 0.6 is 0 Å². The van der Waals surface area contributed by atoms with Crippen LogP contribution in [0, 0.1) is 5.41 Å². The minimum atomic E-state index is 0.189. The van der Waals surface area contributed by atoms with E-state index in [0.29, 0.717) is 5.41 Å². The Hall–Kier alpha value is -0.120. The van der Waals surface area contributed by atoms with Crippen LogP contribution in [0.25, 0.3) is 0 Å². The molecule has 0 amide bonds. The second-order valence-corrected chi connectivity index (χ2v) is 5.55. The van der Waals surface area contributed by atoms with Crippen LogP contribution in [0.5, 0.6) is 0 Å². The highest BCUT2D eigenvalue weighted by molar-refractivity contribution is 4.65. The molecule has 0 aromatic carbocycles. The summed E-state index contributed by atoms with van der Waals surface area (Å²) in [6, 6.07) is 0.189. The smallest absolute Gasteiger partial charge is 0.0585 e. The van der Waals surface area contributed by atoms with Crippen LogP contribution in [0.3, 0.4) is 0 Å². The number of hydrogen-bond donors (Lipinski definition) is 2. The van der Waals surface area contributed by atoms with Gasteiger partial charge < -0.3 is 15.2 Å². The molecule has 0 aliphatic heterocycles. The van der Waals surface area contributed by atoms with Gasteiger partial charge in [-0.3, -0.25) is 0 Å². The van der Waals surface area contributed by atoms with Crippen molar-refractivity contribution < 1.29 is 9.84 Å². The zero-order valence-electron chi connectivity index (χ0n) is 11.4. The predicted molar refractivity (Wildman–Crippen MR) is 68.7 cm³/mol. The van der Waals surface area contributed by atoms with E-state index in [1.54, 1.807) is 0 Å². The highest BCUT2D eigenvalue weighted by Gasteiger charge is 2.10. The summed E-state index contributed by atoms with van der Waals surface area (Å²) in [6.07, 6.45) is 3.07. The maximum atomic E-state index is 9.12. The number of ether oxygens (including phenoxy) is 1. The maximum absolute atomic E-state index is 9.12. The minimum absolute atomic E-state index is 0.189. The van der Waals surface area contributed by atoms with Crippen LogP contribution < -0.4 is 5.32 Å². The first-order chi connectivity index (χ1) is 7.49. The fourth-order valence-corrected chi connectivity index (χ4v) is 1.31. The molecule has 0 aromatic heterocycles. The molecule has 98 valence electrons. The normalized spacial score (nSPS) is 14.1. The van der Waals surface area contributed by atoms with E-state index in [0.717, 1.165) is 39.0 Å². The number of rotatable bonds is 9. The van der Waals surface area contributed by atoms with Gasteiger partial charge in [0.2, 0.25) is 0 Å². The van der Waals surface area contributed by atoms with Gasteiger partial charge in [0.1, 0.15) is 0 Å². The fourth-order valence-electron chi connectivity index (χ4n) is 1.31. The highest BCUT2D eigenvalue weighted by Crippen LogP contribution is 2.17. The van der Waals surface area contributed by atoms with E-state index in [4.69, 9.17) is 9.84 Å². The van der Waals surface area contributed by atoms with E-state index in [1.165, 1.54) is 0 Å². The Bertz CT molecular complexity index is 155. The van der Waals surface area contributed by atoms with Crippen LogP contribution in [0.1, 0.15) is 47.0 Å². The molecule has 0 heterocycles. The van der Waals surface area contributed by atoms with E-state index < -0.39 is 0 Å². The van der Waals surface area contributed by atoms with Gasteiger partial charge in [0.15, 0.2) is 0 Å². The molecule has 0 aliphatic rings. The first-order valence-corrected chi connectivity index (χ1v) is 6.41. The second kappa shape index (κ2) is 8.97. The average molecular weight is 231 g/mol. The topological polar surface area (TPSA) is 41.5 Å². The van der Waals surface area contributed by atoms with Crippen molar-refractivity contribution in [1.82, 2.24) is 5.32 Å². The van der Waals surface area contributed by atoms with Crippen molar-refractivity contribution in [2.45, 2.75) is 53.0 Å². The van der Waals surface area contributed by atoms with Gasteiger partial charge in [-0.05, 0) is 31.2 Å². The summed E-state index contributed by atoms with van der Waals surface area (Å²) in [5.74, 6) is 0. The molecule has 0 rings (SSSR count). The Morgan fingerprint density at radius 3 is 2.44 bits per heavy atom. The SMILES string of the molecule is CCCNC(CO)CCOCCC(C)(C)C. The molecule has 3 nitrogen and oxygen atoms in total. The van der Waals surface area contributed by atoms with E-state index in [1.807, 2.05) is 0 Å². The van der Waals surface area contributed by atoms with Gasteiger partial charge >= 0.3 is 0 Å². The maximum Gasteiger partial charge on any atom is 0.0585 e. The van der Waals surface area contributed by atoms with Crippen molar-refractivity contribution in [3.8, 4) is 0 Å². The summed E-state index contributed by atoms with van der Waals surface area (Å²) in [5, 5.41) is 12.4. The number of aliphatic hydroxyl groups is 1. The third kappa shape index (κ3) is 10.4. The fraction of sp³-hybridized carbons (Fsp3) is 1.00. The average Bonchev–Trinajstić information content (AvgIpc) is 2.20. The van der Waals surface area contributed by atoms with Gasteiger partial charge in [0.05, 0.1) is 6.61 Å². The Balaban J connectivity index is 3.41. The van der Waals surface area contributed by atoms with E-state index in [9.17, 15) is 0 Å². The summed E-state index contributed by atoms with van der Waals surface area (Å²) in [4.78, 5) is 0. The van der Waals surface area contributed by atoms with Crippen LogP contribution in [0.15, 0.2) is 0 Å². The molecular weight excluding hydrogens is 202 g/mol. The minimum Gasteiger partial charge on any atom is -0.395 e. The number of nitrogens with one attached hydrogen (secondary N) is 1. The zero-order valence-corrected chi connectivity index (χ0v) is 11.4. The molecule has 0 bridgehead atoms. The molecule has 2 N–H and O–H groups in total. The van der Waals surface area contributed by atoms with Crippen LogP contribution in [0.2, 0.25) is 0 Å². The molecule has 0 radical (unpaired) electrons. The van der Waals surface area contributed by atoms with Crippen molar-refractivity contribution in [2.24, 2.45) is 5.41 Å². The Kier molecular flexibility index (Phi) is 8.90. The van der Waals surface area contributed by atoms with Gasteiger partial charge in [0, 0.05) is 19.3 Å². The predicted octanol–water partition coefficient (Wildman–Crippen LogP) is 2.19. The third-order valence-corrected chi connectivity index (χ3v) is 2.51. The number of aliphatic hydroxyl groups excluding tert-OH is 1. The lowest BCUT2D eigenvalue weighted by atomic mass is 9.93.